The minimum Gasteiger partial charge on any atom is -0.464 e. The molecule has 0 unspecified atom stereocenters. The average molecular weight is 253 g/mol. The molecule has 1 N–H and O–H groups in total. The minimum absolute atomic E-state index is 0.340. The molecule has 0 aliphatic heterocycles. The fourth-order valence-corrected chi connectivity index (χ4v) is 1.92. The lowest BCUT2D eigenvalue weighted by Crippen LogP contribution is -2.34. The monoisotopic (exact) mass is 253 g/mol. The molecule has 0 aromatic carbocycles. The van der Waals surface area contributed by atoms with Crippen LogP contribution < -0.4 is 5.32 Å². The van der Waals surface area contributed by atoms with Crippen molar-refractivity contribution < 1.29 is 22.7 Å². The lowest BCUT2D eigenvalue weighted by atomic mass is 9.90. The highest BCUT2D eigenvalue weighted by Crippen LogP contribution is 2.23. The van der Waals surface area contributed by atoms with E-state index in [-0.39, 0.29) is 6.54 Å². The molecule has 0 saturated heterocycles. The molecule has 0 bridgehead atoms. The van der Waals surface area contributed by atoms with Crippen molar-refractivity contribution in [2.45, 2.75) is 38.3 Å². The van der Waals surface area contributed by atoms with E-state index >= 15 is 0 Å². The summed E-state index contributed by atoms with van der Waals surface area (Å²) in [6.45, 7) is -1.20. The van der Waals surface area contributed by atoms with Crippen LogP contribution in [-0.4, -0.2) is 31.8 Å². The van der Waals surface area contributed by atoms with Gasteiger partial charge in [-0.05, 0) is 18.8 Å². The number of carbonyl (C=O) groups excluding carboxylic acids is 1. The maximum atomic E-state index is 11.8. The van der Waals surface area contributed by atoms with Crippen LogP contribution in [0.4, 0.5) is 13.2 Å². The number of nitrogens with one attached hydrogen (secondary N) is 1. The van der Waals surface area contributed by atoms with E-state index in [9.17, 15) is 18.0 Å². The number of hydrogen-bond acceptors (Lipinski definition) is 3. The topological polar surface area (TPSA) is 38.3 Å². The molecule has 0 spiro atoms. The van der Waals surface area contributed by atoms with Crippen LogP contribution in [-0.2, 0) is 9.53 Å². The first-order valence-corrected chi connectivity index (χ1v) is 5.90. The standard InChI is InChI=1S/C11H18F3NO2/c12-11(13,14)8-15-6-10(16)17-7-9-4-2-1-3-5-9/h9,15H,1-8H2. The van der Waals surface area contributed by atoms with Gasteiger partial charge in [0.2, 0.25) is 0 Å². The van der Waals surface area contributed by atoms with Gasteiger partial charge in [-0.1, -0.05) is 19.3 Å². The van der Waals surface area contributed by atoms with Crippen molar-refractivity contribution in [2.75, 3.05) is 19.7 Å². The molecule has 0 heterocycles. The summed E-state index contributed by atoms with van der Waals surface area (Å²) < 4.78 is 40.2. The Morgan fingerprint density at radius 3 is 2.47 bits per heavy atom. The van der Waals surface area contributed by atoms with E-state index in [2.05, 4.69) is 0 Å². The van der Waals surface area contributed by atoms with Gasteiger partial charge in [-0.3, -0.25) is 10.1 Å². The van der Waals surface area contributed by atoms with Gasteiger partial charge in [0.15, 0.2) is 0 Å². The molecule has 0 aromatic heterocycles. The van der Waals surface area contributed by atoms with Crippen molar-refractivity contribution in [1.29, 1.82) is 0 Å². The molecule has 0 atom stereocenters. The van der Waals surface area contributed by atoms with Crippen LogP contribution in [0.25, 0.3) is 0 Å². The predicted octanol–water partition coefficient (Wildman–Crippen LogP) is 2.26. The number of halogens is 3. The van der Waals surface area contributed by atoms with Gasteiger partial charge in [0, 0.05) is 0 Å². The van der Waals surface area contributed by atoms with Crippen molar-refractivity contribution >= 4 is 5.97 Å². The highest BCUT2D eigenvalue weighted by molar-refractivity contribution is 5.71. The van der Waals surface area contributed by atoms with E-state index < -0.39 is 18.7 Å². The molecule has 100 valence electrons. The van der Waals surface area contributed by atoms with Crippen molar-refractivity contribution in [2.24, 2.45) is 5.92 Å². The van der Waals surface area contributed by atoms with Crippen molar-refractivity contribution in [1.82, 2.24) is 5.32 Å². The number of alkyl halides is 3. The third-order valence-electron chi connectivity index (χ3n) is 2.80. The predicted molar refractivity (Wildman–Crippen MR) is 56.5 cm³/mol. The molecule has 1 aliphatic carbocycles. The third-order valence-corrected chi connectivity index (χ3v) is 2.80. The Labute approximate surface area is 98.7 Å². The second-order valence-corrected chi connectivity index (χ2v) is 4.41. The van der Waals surface area contributed by atoms with Gasteiger partial charge in [0.05, 0.1) is 19.7 Å². The second kappa shape index (κ2) is 6.83. The molecule has 3 nitrogen and oxygen atoms in total. The van der Waals surface area contributed by atoms with Gasteiger partial charge in [0.25, 0.3) is 0 Å². The highest BCUT2D eigenvalue weighted by atomic mass is 19.4. The van der Waals surface area contributed by atoms with Crippen LogP contribution in [0.5, 0.6) is 0 Å². The quantitative estimate of drug-likeness (QED) is 0.764. The summed E-state index contributed by atoms with van der Waals surface area (Å²) in [6.07, 6.45) is 1.32. The fraction of sp³-hybridized carbons (Fsp3) is 0.909. The normalized spacial score (nSPS) is 18.1. The summed E-state index contributed by atoms with van der Waals surface area (Å²) in [6, 6.07) is 0. The summed E-state index contributed by atoms with van der Waals surface area (Å²) >= 11 is 0. The van der Waals surface area contributed by atoms with E-state index in [1.165, 1.54) is 6.42 Å². The molecule has 0 radical (unpaired) electrons. The summed E-state index contributed by atoms with van der Waals surface area (Å²) in [5.41, 5.74) is 0. The zero-order chi connectivity index (χ0) is 12.7. The number of hydrogen-bond donors (Lipinski definition) is 1. The second-order valence-electron chi connectivity index (χ2n) is 4.41. The first-order chi connectivity index (χ1) is 7.97. The number of ether oxygens (including phenoxy) is 1. The average Bonchev–Trinajstić information content (AvgIpc) is 2.26. The maximum Gasteiger partial charge on any atom is 0.401 e. The van der Waals surface area contributed by atoms with Crippen LogP contribution in [0.3, 0.4) is 0 Å². The van der Waals surface area contributed by atoms with Crippen LogP contribution in [0, 0.1) is 5.92 Å². The SMILES string of the molecule is O=C(CNCC(F)(F)F)OCC1CCCCC1. The molecule has 17 heavy (non-hydrogen) atoms. The summed E-state index contributed by atoms with van der Waals surface area (Å²) in [5, 5.41) is 2.01. The van der Waals surface area contributed by atoms with Crippen LogP contribution >= 0.6 is 0 Å². The molecular formula is C11H18F3NO2. The Morgan fingerprint density at radius 2 is 1.88 bits per heavy atom. The Kier molecular flexibility index (Phi) is 5.74. The third kappa shape index (κ3) is 7.20. The first kappa shape index (κ1) is 14.3. The summed E-state index contributed by atoms with van der Waals surface area (Å²) in [4.78, 5) is 11.1. The van der Waals surface area contributed by atoms with Gasteiger partial charge >= 0.3 is 12.1 Å². The van der Waals surface area contributed by atoms with Gasteiger partial charge in [0.1, 0.15) is 0 Å². The molecular weight excluding hydrogens is 235 g/mol. The molecule has 1 saturated carbocycles. The Balaban J connectivity index is 2.04. The Morgan fingerprint density at radius 1 is 1.24 bits per heavy atom. The van der Waals surface area contributed by atoms with Crippen molar-refractivity contribution in [3.8, 4) is 0 Å². The fourth-order valence-electron chi connectivity index (χ4n) is 1.92. The lowest BCUT2D eigenvalue weighted by Gasteiger charge is -2.21. The minimum atomic E-state index is -4.29. The van der Waals surface area contributed by atoms with Crippen molar-refractivity contribution in [3.05, 3.63) is 0 Å². The lowest BCUT2D eigenvalue weighted by molar-refractivity contribution is -0.146. The highest BCUT2D eigenvalue weighted by Gasteiger charge is 2.26. The van der Waals surface area contributed by atoms with Gasteiger partial charge in [-0.25, -0.2) is 0 Å². The smallest absolute Gasteiger partial charge is 0.401 e. The van der Waals surface area contributed by atoms with Crippen LogP contribution in [0.15, 0.2) is 0 Å². The van der Waals surface area contributed by atoms with Crippen LogP contribution in [0.1, 0.15) is 32.1 Å². The van der Waals surface area contributed by atoms with Crippen LogP contribution in [0.2, 0.25) is 0 Å². The largest absolute Gasteiger partial charge is 0.464 e. The molecule has 0 aromatic rings. The molecule has 0 amide bonds. The maximum absolute atomic E-state index is 11.8. The Hall–Kier alpha value is -0.780. The number of carbonyl (C=O) groups is 1. The summed E-state index contributed by atoms with van der Waals surface area (Å²) in [7, 11) is 0. The zero-order valence-corrected chi connectivity index (χ0v) is 9.68. The number of esters is 1. The van der Waals surface area contributed by atoms with Crippen molar-refractivity contribution in [3.63, 3.8) is 0 Å². The number of rotatable bonds is 5. The molecule has 1 rings (SSSR count). The van der Waals surface area contributed by atoms with Gasteiger partial charge in [-0.2, -0.15) is 13.2 Å². The van der Waals surface area contributed by atoms with E-state index in [4.69, 9.17) is 4.74 Å². The van der Waals surface area contributed by atoms with E-state index in [0.29, 0.717) is 12.5 Å². The van der Waals surface area contributed by atoms with Gasteiger partial charge < -0.3 is 4.74 Å². The Bertz CT molecular complexity index is 237. The van der Waals surface area contributed by atoms with E-state index in [1.807, 2.05) is 5.32 Å². The molecule has 1 aliphatic rings. The summed E-state index contributed by atoms with van der Waals surface area (Å²) in [5.74, 6) is -0.227. The zero-order valence-electron chi connectivity index (χ0n) is 9.68. The first-order valence-electron chi connectivity index (χ1n) is 5.90. The molecule has 1 fully saturated rings. The molecule has 6 heteroatoms. The van der Waals surface area contributed by atoms with Gasteiger partial charge in [-0.15, -0.1) is 0 Å². The van der Waals surface area contributed by atoms with E-state index in [0.717, 1.165) is 25.7 Å². The van der Waals surface area contributed by atoms with E-state index in [1.54, 1.807) is 0 Å².